The summed E-state index contributed by atoms with van der Waals surface area (Å²) >= 11 is 7.66. The van der Waals surface area contributed by atoms with Gasteiger partial charge in [-0.1, -0.05) is 29.8 Å². The Morgan fingerprint density at radius 3 is 2.40 bits per heavy atom. The van der Waals surface area contributed by atoms with Crippen LogP contribution in [0.2, 0.25) is 5.02 Å². The van der Waals surface area contributed by atoms with Gasteiger partial charge in [-0.25, -0.2) is 0 Å². The van der Waals surface area contributed by atoms with Gasteiger partial charge in [0.1, 0.15) is 11.8 Å². The molecule has 0 unspecified atom stereocenters. The van der Waals surface area contributed by atoms with Gasteiger partial charge >= 0.3 is 0 Å². The van der Waals surface area contributed by atoms with Crippen molar-refractivity contribution >= 4 is 23.4 Å². The largest absolute Gasteiger partial charge is 0.495 e. The predicted octanol–water partition coefficient (Wildman–Crippen LogP) is 4.65. The highest BCUT2D eigenvalue weighted by Crippen LogP contribution is 2.23. The summed E-state index contributed by atoms with van der Waals surface area (Å²) in [7, 11) is 1.57. The summed E-state index contributed by atoms with van der Waals surface area (Å²) in [6, 6.07) is 15.7. The van der Waals surface area contributed by atoms with Crippen LogP contribution in [-0.4, -0.2) is 7.11 Å². The van der Waals surface area contributed by atoms with Gasteiger partial charge in [-0.05, 0) is 35.4 Å². The predicted molar refractivity (Wildman–Crippen MR) is 84.2 cm³/mol. The van der Waals surface area contributed by atoms with Gasteiger partial charge in [0.05, 0.1) is 12.7 Å². The molecule has 0 atom stereocenters. The van der Waals surface area contributed by atoms with Gasteiger partial charge in [-0.3, -0.25) is 0 Å². The molecule has 0 heterocycles. The lowest BCUT2D eigenvalue weighted by molar-refractivity contribution is 0.413. The third-order valence-electron chi connectivity index (χ3n) is 2.84. The fourth-order valence-electron chi connectivity index (χ4n) is 1.80. The summed E-state index contributed by atoms with van der Waals surface area (Å²) in [5, 5.41) is 9.81. The number of hydrogen-bond acceptors (Lipinski definition) is 3. The average Bonchev–Trinajstić information content (AvgIpc) is 2.49. The summed E-state index contributed by atoms with van der Waals surface area (Å²) in [5.41, 5.74) is 2.95. The van der Waals surface area contributed by atoms with Crippen LogP contribution in [0.3, 0.4) is 0 Å². The summed E-state index contributed by atoms with van der Waals surface area (Å²) in [6.07, 6.45) is 0. The van der Waals surface area contributed by atoms with E-state index in [0.717, 1.165) is 22.1 Å². The molecule has 2 aromatic carbocycles. The zero-order valence-electron chi connectivity index (χ0n) is 11.1. The van der Waals surface area contributed by atoms with Crippen LogP contribution in [0.5, 0.6) is 5.75 Å². The normalized spacial score (nSPS) is 10.1. The topological polar surface area (TPSA) is 33.0 Å². The lowest BCUT2D eigenvalue weighted by atomic mass is 10.1. The van der Waals surface area contributed by atoms with Gasteiger partial charge in [0.2, 0.25) is 0 Å². The molecular weight excluding hydrogens is 290 g/mol. The number of halogens is 1. The molecule has 20 heavy (non-hydrogen) atoms. The van der Waals surface area contributed by atoms with Crippen LogP contribution >= 0.6 is 23.4 Å². The summed E-state index contributed by atoms with van der Waals surface area (Å²) < 4.78 is 5.13. The molecule has 0 amide bonds. The first-order valence-corrected chi connectivity index (χ1v) is 7.65. The Morgan fingerprint density at radius 1 is 1.10 bits per heavy atom. The van der Waals surface area contributed by atoms with Gasteiger partial charge in [-0.2, -0.15) is 17.0 Å². The van der Waals surface area contributed by atoms with E-state index < -0.39 is 0 Å². The lowest BCUT2D eigenvalue weighted by Crippen LogP contribution is -1.90. The molecule has 2 nitrogen and oxygen atoms in total. The number of rotatable bonds is 5. The number of benzene rings is 2. The molecule has 2 aromatic rings. The Kier molecular flexibility index (Phi) is 5.34. The number of hydrogen-bond donors (Lipinski definition) is 0. The van der Waals surface area contributed by atoms with Gasteiger partial charge in [0.15, 0.2) is 0 Å². The van der Waals surface area contributed by atoms with Crippen molar-refractivity contribution in [2.24, 2.45) is 0 Å². The smallest absolute Gasteiger partial charge is 0.136 e. The minimum Gasteiger partial charge on any atom is -0.495 e. The van der Waals surface area contributed by atoms with Gasteiger partial charge in [0.25, 0.3) is 0 Å². The van der Waals surface area contributed by atoms with E-state index in [1.807, 2.05) is 42.5 Å². The highest BCUT2D eigenvalue weighted by atomic mass is 35.5. The first kappa shape index (κ1) is 14.8. The minimum atomic E-state index is 0.581. The molecule has 0 aromatic heterocycles. The zero-order valence-corrected chi connectivity index (χ0v) is 12.7. The lowest BCUT2D eigenvalue weighted by Gasteiger charge is -2.06. The standard InChI is InChI=1S/C16H14ClNOS/c1-19-16-7-4-13(8-14(16)9-18)11-20-10-12-2-5-15(17)6-3-12/h2-8H,10-11H2,1H3. The number of ether oxygens (including phenoxy) is 1. The van der Waals surface area contributed by atoms with Crippen LogP contribution in [-0.2, 0) is 11.5 Å². The maximum Gasteiger partial charge on any atom is 0.136 e. The maximum absolute atomic E-state index is 9.05. The van der Waals surface area contributed by atoms with Crippen molar-refractivity contribution in [2.75, 3.05) is 7.11 Å². The van der Waals surface area contributed by atoms with E-state index in [4.69, 9.17) is 21.6 Å². The molecule has 0 bridgehead atoms. The maximum atomic E-state index is 9.05. The Balaban J connectivity index is 1.94. The molecule has 0 saturated heterocycles. The van der Waals surface area contributed by atoms with E-state index in [1.54, 1.807) is 18.9 Å². The molecule has 4 heteroatoms. The van der Waals surface area contributed by atoms with Crippen molar-refractivity contribution in [1.29, 1.82) is 5.26 Å². The Labute approximate surface area is 128 Å². The molecule has 0 aliphatic carbocycles. The van der Waals surface area contributed by atoms with Crippen LogP contribution in [0.15, 0.2) is 42.5 Å². The van der Waals surface area contributed by atoms with Crippen molar-refractivity contribution in [3.8, 4) is 11.8 Å². The van der Waals surface area contributed by atoms with E-state index >= 15 is 0 Å². The molecule has 0 aliphatic rings. The first-order valence-electron chi connectivity index (χ1n) is 6.12. The molecule has 0 fully saturated rings. The number of nitrogens with zero attached hydrogens (tertiary/aromatic N) is 1. The Morgan fingerprint density at radius 2 is 1.75 bits per heavy atom. The molecule has 0 N–H and O–H groups in total. The average molecular weight is 304 g/mol. The molecule has 2 rings (SSSR count). The van der Waals surface area contributed by atoms with Crippen molar-refractivity contribution < 1.29 is 4.74 Å². The van der Waals surface area contributed by atoms with Crippen LogP contribution in [0, 0.1) is 11.3 Å². The van der Waals surface area contributed by atoms with E-state index in [-0.39, 0.29) is 0 Å². The fraction of sp³-hybridized carbons (Fsp3) is 0.188. The van der Waals surface area contributed by atoms with E-state index in [9.17, 15) is 0 Å². The van der Waals surface area contributed by atoms with Gasteiger partial charge < -0.3 is 4.74 Å². The van der Waals surface area contributed by atoms with Crippen LogP contribution < -0.4 is 4.74 Å². The molecule has 0 radical (unpaired) electrons. The third-order valence-corrected chi connectivity index (χ3v) is 4.16. The number of methoxy groups -OCH3 is 1. The van der Waals surface area contributed by atoms with Crippen LogP contribution in [0.4, 0.5) is 0 Å². The Bertz CT molecular complexity index is 619. The minimum absolute atomic E-state index is 0.581. The molecule has 0 saturated carbocycles. The second-order valence-corrected chi connectivity index (χ2v) is 5.69. The van der Waals surface area contributed by atoms with Crippen LogP contribution in [0.25, 0.3) is 0 Å². The zero-order chi connectivity index (χ0) is 14.4. The van der Waals surface area contributed by atoms with E-state index in [0.29, 0.717) is 11.3 Å². The highest BCUT2D eigenvalue weighted by Gasteiger charge is 2.04. The Hall–Kier alpha value is -1.63. The van der Waals surface area contributed by atoms with E-state index in [1.165, 1.54) is 5.56 Å². The molecular formula is C16H14ClNOS. The number of thioether (sulfide) groups is 1. The van der Waals surface area contributed by atoms with Crippen LogP contribution in [0.1, 0.15) is 16.7 Å². The molecule has 0 aliphatic heterocycles. The molecule has 102 valence electrons. The third kappa shape index (κ3) is 3.93. The van der Waals surface area contributed by atoms with Crippen molar-refractivity contribution in [3.63, 3.8) is 0 Å². The summed E-state index contributed by atoms with van der Waals surface area (Å²) in [5.74, 6) is 2.41. The van der Waals surface area contributed by atoms with E-state index in [2.05, 4.69) is 6.07 Å². The monoisotopic (exact) mass is 303 g/mol. The second kappa shape index (κ2) is 7.23. The van der Waals surface area contributed by atoms with Crippen molar-refractivity contribution in [1.82, 2.24) is 0 Å². The second-order valence-electron chi connectivity index (χ2n) is 4.27. The summed E-state index contributed by atoms with van der Waals surface area (Å²) in [4.78, 5) is 0. The first-order chi connectivity index (χ1) is 9.72. The van der Waals surface area contributed by atoms with Gasteiger partial charge in [-0.15, -0.1) is 0 Å². The number of nitriles is 1. The molecule has 0 spiro atoms. The SMILES string of the molecule is COc1ccc(CSCc2ccc(Cl)cc2)cc1C#N. The van der Waals surface area contributed by atoms with Crippen molar-refractivity contribution in [3.05, 3.63) is 64.2 Å². The highest BCUT2D eigenvalue weighted by molar-refractivity contribution is 7.97. The van der Waals surface area contributed by atoms with Gasteiger partial charge in [0, 0.05) is 16.5 Å². The summed E-state index contributed by atoms with van der Waals surface area (Å²) in [6.45, 7) is 0. The quantitative estimate of drug-likeness (QED) is 0.806. The fourth-order valence-corrected chi connectivity index (χ4v) is 2.87. The van der Waals surface area contributed by atoms with Crippen molar-refractivity contribution in [2.45, 2.75) is 11.5 Å².